The molecule has 27 heavy (non-hydrogen) atoms. The van der Waals surface area contributed by atoms with Crippen molar-refractivity contribution in [1.29, 1.82) is 0 Å². The standard InChI is InChI=1S/C23H41N4/c1-6-10-12-19(8-3)16-27(17-20(9-4)13-11-7-2)22-15-14-21(24)18(5)23(22)25-26-27/h14-15,19-20H,6-13,16-17,24H2,1-5H3/q+1. The van der Waals surface area contributed by atoms with Crippen molar-refractivity contribution in [3.8, 4) is 0 Å². The molecular weight excluding hydrogens is 332 g/mol. The van der Waals surface area contributed by atoms with Gasteiger partial charge in [0.15, 0.2) is 11.4 Å². The van der Waals surface area contributed by atoms with Crippen LogP contribution >= 0.6 is 0 Å². The molecule has 0 saturated carbocycles. The SMILES string of the molecule is CCCCC(CC)C[N+]1(CC(CC)CCCC)N=Nc2c1ccc(N)c2C. The monoisotopic (exact) mass is 373 g/mol. The van der Waals surface area contributed by atoms with E-state index in [4.69, 9.17) is 11.0 Å². The molecule has 0 saturated heterocycles. The minimum atomic E-state index is 0.681. The molecule has 0 amide bonds. The molecule has 1 aromatic carbocycles. The fraction of sp³-hybridized carbons (Fsp3) is 0.739. The van der Waals surface area contributed by atoms with E-state index in [1.165, 1.54) is 57.1 Å². The fourth-order valence-electron chi connectivity index (χ4n) is 4.38. The topological polar surface area (TPSA) is 50.7 Å². The van der Waals surface area contributed by atoms with Crippen molar-refractivity contribution >= 4 is 17.1 Å². The van der Waals surface area contributed by atoms with Crippen molar-refractivity contribution < 1.29 is 0 Å². The van der Waals surface area contributed by atoms with E-state index in [0.29, 0.717) is 16.4 Å². The molecule has 4 nitrogen and oxygen atoms in total. The van der Waals surface area contributed by atoms with Crippen LogP contribution in [0.3, 0.4) is 0 Å². The van der Waals surface area contributed by atoms with Gasteiger partial charge in [-0.25, -0.2) is 0 Å². The summed E-state index contributed by atoms with van der Waals surface area (Å²) in [5.74, 6) is 1.38. The van der Waals surface area contributed by atoms with Crippen LogP contribution in [0, 0.1) is 18.8 Å². The maximum atomic E-state index is 6.16. The lowest BCUT2D eigenvalue weighted by Gasteiger charge is -2.34. The summed E-state index contributed by atoms with van der Waals surface area (Å²) in [7, 11) is 0. The zero-order valence-electron chi connectivity index (χ0n) is 18.3. The molecule has 2 N–H and O–H groups in total. The number of fused-ring (bicyclic) bond motifs is 1. The zero-order valence-corrected chi connectivity index (χ0v) is 18.3. The number of nitrogens with two attached hydrogens (primary N) is 1. The lowest BCUT2D eigenvalue weighted by atomic mass is 9.94. The van der Waals surface area contributed by atoms with E-state index in [1.807, 2.05) is 0 Å². The van der Waals surface area contributed by atoms with Gasteiger partial charge in [0.05, 0.1) is 0 Å². The average Bonchev–Trinajstić information content (AvgIpc) is 3.03. The quantitative estimate of drug-likeness (QED) is 0.302. The second kappa shape index (κ2) is 10.2. The summed E-state index contributed by atoms with van der Waals surface area (Å²) < 4.78 is 0.681. The first-order valence-corrected chi connectivity index (χ1v) is 11.2. The van der Waals surface area contributed by atoms with E-state index in [1.54, 1.807) is 0 Å². The van der Waals surface area contributed by atoms with Gasteiger partial charge in [0, 0.05) is 34.4 Å². The maximum Gasteiger partial charge on any atom is 0.189 e. The molecule has 0 spiro atoms. The number of hydrogen-bond acceptors (Lipinski definition) is 3. The first-order valence-electron chi connectivity index (χ1n) is 11.2. The van der Waals surface area contributed by atoms with Crippen molar-refractivity contribution in [3.05, 3.63) is 17.7 Å². The third-order valence-corrected chi connectivity index (χ3v) is 6.42. The van der Waals surface area contributed by atoms with Crippen molar-refractivity contribution in [1.82, 2.24) is 4.59 Å². The molecule has 0 bridgehead atoms. The minimum absolute atomic E-state index is 0.681. The molecular formula is C23H41N4+. The van der Waals surface area contributed by atoms with E-state index in [9.17, 15) is 0 Å². The third-order valence-electron chi connectivity index (χ3n) is 6.42. The van der Waals surface area contributed by atoms with Crippen molar-refractivity contribution in [2.24, 2.45) is 22.2 Å². The van der Waals surface area contributed by atoms with Crippen LogP contribution in [-0.2, 0) is 0 Å². The van der Waals surface area contributed by atoms with Crippen LogP contribution in [0.4, 0.5) is 17.1 Å². The highest BCUT2D eigenvalue weighted by atomic mass is 15.7. The Morgan fingerprint density at radius 1 is 0.926 bits per heavy atom. The zero-order chi connectivity index (χ0) is 19.9. The Hall–Kier alpha value is -1.42. The molecule has 2 atom stereocenters. The van der Waals surface area contributed by atoms with Gasteiger partial charge < -0.3 is 5.73 Å². The van der Waals surface area contributed by atoms with E-state index < -0.39 is 0 Å². The second-order valence-corrected chi connectivity index (χ2v) is 8.46. The normalized spacial score (nSPS) is 20.6. The lowest BCUT2D eigenvalue weighted by molar-refractivity contribution is 0.187. The summed E-state index contributed by atoms with van der Waals surface area (Å²) in [6.45, 7) is 13.4. The predicted octanol–water partition coefficient (Wildman–Crippen LogP) is 7.33. The number of unbranched alkanes of at least 4 members (excludes halogenated alkanes) is 2. The molecule has 1 aromatic rings. The molecule has 2 unspecified atom stereocenters. The van der Waals surface area contributed by atoms with Crippen molar-refractivity contribution in [2.45, 2.75) is 86.0 Å². The number of hydrogen-bond donors (Lipinski definition) is 1. The maximum absolute atomic E-state index is 6.16. The Morgan fingerprint density at radius 3 is 1.96 bits per heavy atom. The Morgan fingerprint density at radius 2 is 1.48 bits per heavy atom. The summed E-state index contributed by atoms with van der Waals surface area (Å²) >= 11 is 0. The lowest BCUT2D eigenvalue weighted by Crippen LogP contribution is -2.49. The van der Waals surface area contributed by atoms with E-state index in [0.717, 1.165) is 30.0 Å². The molecule has 4 heteroatoms. The van der Waals surface area contributed by atoms with Crippen LogP contribution in [0.1, 0.15) is 84.6 Å². The number of nitrogens with zero attached hydrogens (tertiary/aromatic N) is 3. The highest BCUT2D eigenvalue weighted by molar-refractivity contribution is 5.75. The van der Waals surface area contributed by atoms with Gasteiger partial charge in [-0.15, -0.1) is 4.59 Å². The summed E-state index contributed by atoms with van der Waals surface area (Å²) in [5.41, 5.74) is 10.4. The van der Waals surface area contributed by atoms with Gasteiger partial charge in [0.1, 0.15) is 13.1 Å². The molecule has 1 heterocycles. The van der Waals surface area contributed by atoms with Crippen molar-refractivity contribution in [3.63, 3.8) is 0 Å². The highest BCUT2D eigenvalue weighted by Gasteiger charge is 2.43. The Labute approximate surface area is 166 Å². The van der Waals surface area contributed by atoms with Gasteiger partial charge in [-0.3, -0.25) is 0 Å². The van der Waals surface area contributed by atoms with Gasteiger partial charge in [-0.2, -0.15) is 0 Å². The van der Waals surface area contributed by atoms with Gasteiger partial charge in [0.25, 0.3) is 0 Å². The van der Waals surface area contributed by atoms with Crippen molar-refractivity contribution in [2.75, 3.05) is 18.8 Å². The van der Waals surface area contributed by atoms with Crippen LogP contribution in [0.15, 0.2) is 22.5 Å². The smallest absolute Gasteiger partial charge is 0.189 e. The summed E-state index contributed by atoms with van der Waals surface area (Å²) in [6, 6.07) is 4.24. The highest BCUT2D eigenvalue weighted by Crippen LogP contribution is 2.46. The number of anilines is 1. The van der Waals surface area contributed by atoms with Crippen LogP contribution in [-0.4, -0.2) is 13.1 Å². The number of rotatable bonds is 12. The number of nitrogen functional groups attached to an aromatic ring is 1. The molecule has 152 valence electrons. The minimum Gasteiger partial charge on any atom is -0.398 e. The summed E-state index contributed by atoms with van der Waals surface area (Å²) in [6.07, 6.45) is 10.1. The van der Waals surface area contributed by atoms with Crippen LogP contribution < -0.4 is 10.3 Å². The number of quaternary nitrogens is 1. The van der Waals surface area contributed by atoms with Crippen LogP contribution in [0.2, 0.25) is 0 Å². The number of benzene rings is 1. The van der Waals surface area contributed by atoms with Crippen LogP contribution in [0.5, 0.6) is 0 Å². The van der Waals surface area contributed by atoms with Gasteiger partial charge in [0.2, 0.25) is 0 Å². The first-order chi connectivity index (χ1) is 13.0. The van der Waals surface area contributed by atoms with E-state index in [-0.39, 0.29) is 0 Å². The average molecular weight is 374 g/mol. The van der Waals surface area contributed by atoms with Gasteiger partial charge >= 0.3 is 0 Å². The molecule has 0 aliphatic carbocycles. The molecule has 2 rings (SSSR count). The Balaban J connectivity index is 2.36. The third kappa shape index (κ3) is 5.10. The molecule has 1 aliphatic rings. The van der Waals surface area contributed by atoms with E-state index >= 15 is 0 Å². The second-order valence-electron chi connectivity index (χ2n) is 8.46. The van der Waals surface area contributed by atoms with Gasteiger partial charge in [-0.05, 0) is 38.7 Å². The first kappa shape index (κ1) is 21.9. The Kier molecular flexibility index (Phi) is 8.28. The predicted molar refractivity (Wildman–Crippen MR) is 118 cm³/mol. The fourth-order valence-corrected chi connectivity index (χ4v) is 4.38. The van der Waals surface area contributed by atoms with Crippen LogP contribution in [0.25, 0.3) is 0 Å². The summed E-state index contributed by atoms with van der Waals surface area (Å²) in [4.78, 5) is 0. The molecule has 0 radical (unpaired) electrons. The largest absolute Gasteiger partial charge is 0.398 e. The Bertz CT molecular complexity index is 605. The molecule has 0 fully saturated rings. The van der Waals surface area contributed by atoms with E-state index in [2.05, 4.69) is 51.9 Å². The summed E-state index contributed by atoms with van der Waals surface area (Å²) in [5, 5.41) is 9.60. The molecule has 0 aromatic heterocycles. The van der Waals surface area contributed by atoms with Gasteiger partial charge in [-0.1, -0.05) is 58.5 Å². The molecule has 1 aliphatic heterocycles.